The van der Waals surface area contributed by atoms with Crippen molar-refractivity contribution >= 4 is 63.7 Å². The monoisotopic (exact) mass is 434 g/mol. The Balaban J connectivity index is 0.00000261. The lowest BCUT2D eigenvalue weighted by Crippen LogP contribution is -2.28. The molecule has 1 N–H and O–H groups in total. The van der Waals surface area contributed by atoms with E-state index in [-0.39, 0.29) is 1.43 Å². The minimum Gasteiger partial charge on any atom is -0.355 e. The Labute approximate surface area is 175 Å². The van der Waals surface area contributed by atoms with Crippen molar-refractivity contribution in [3.05, 3.63) is 38.0 Å². The summed E-state index contributed by atoms with van der Waals surface area (Å²) in [6.45, 7) is 5.85. The first-order chi connectivity index (χ1) is 12.4. The molecule has 0 bridgehead atoms. The average Bonchev–Trinajstić information content (AvgIpc) is 3.37. The number of nitrogens with one attached hydrogen (secondary N) is 1. The Kier molecular flexibility index (Phi) is 6.39. The lowest BCUT2D eigenvalue weighted by Gasteiger charge is -2.25. The molecule has 0 unspecified atom stereocenters. The smallest absolute Gasteiger partial charge is 0.155 e. The fraction of sp³-hybridized carbons (Fsp3) is 0.444. The van der Waals surface area contributed by atoms with Crippen LogP contribution in [0.15, 0.2) is 12.1 Å². The highest BCUT2D eigenvalue weighted by atomic mass is 35.5. The first kappa shape index (κ1) is 19.8. The third-order valence-corrected chi connectivity index (χ3v) is 5.33. The van der Waals surface area contributed by atoms with Gasteiger partial charge in [-0.1, -0.05) is 53.3 Å². The third kappa shape index (κ3) is 4.66. The normalized spacial score (nSPS) is 13.8. The number of anilines is 3. The molecule has 0 atom stereocenters. The van der Waals surface area contributed by atoms with E-state index >= 15 is 0 Å². The summed E-state index contributed by atoms with van der Waals surface area (Å²) in [6, 6.07) is 3.24. The number of aromatic nitrogens is 2. The highest BCUT2D eigenvalue weighted by Gasteiger charge is 2.27. The standard InChI is InChI=1S/C18H20Cl4N4.H2/c1-3-6-26(9-11-4-5-11)18-15(22)17(23-10(2)24-18)25-16-13(20)7-12(19)8-14(16)21;/h7-8,11H,3-6,9H2,1-2H3,(H,23,24,25);1H. The van der Waals surface area contributed by atoms with E-state index in [0.717, 1.165) is 31.2 Å². The molecule has 0 amide bonds. The molecule has 26 heavy (non-hydrogen) atoms. The summed E-state index contributed by atoms with van der Waals surface area (Å²) in [5, 5.41) is 4.89. The molecule has 1 saturated carbocycles. The van der Waals surface area contributed by atoms with E-state index in [1.165, 1.54) is 12.8 Å². The van der Waals surface area contributed by atoms with Crippen LogP contribution in [0.1, 0.15) is 33.4 Å². The van der Waals surface area contributed by atoms with E-state index < -0.39 is 0 Å². The minimum atomic E-state index is 0. The Morgan fingerprint density at radius 1 is 1.15 bits per heavy atom. The van der Waals surface area contributed by atoms with Crippen molar-refractivity contribution in [2.75, 3.05) is 23.3 Å². The lowest BCUT2D eigenvalue weighted by atomic mass is 10.3. The van der Waals surface area contributed by atoms with Crippen molar-refractivity contribution in [2.45, 2.75) is 33.1 Å². The molecule has 3 rings (SSSR count). The number of hydrogen-bond donors (Lipinski definition) is 1. The summed E-state index contributed by atoms with van der Waals surface area (Å²) in [5.74, 6) is 2.59. The van der Waals surface area contributed by atoms with Crippen LogP contribution in [0.3, 0.4) is 0 Å². The molecule has 0 saturated heterocycles. The molecule has 1 aromatic carbocycles. The van der Waals surface area contributed by atoms with Gasteiger partial charge in [-0.15, -0.1) is 0 Å². The molecule has 0 aliphatic heterocycles. The van der Waals surface area contributed by atoms with Gasteiger partial charge in [-0.2, -0.15) is 0 Å². The van der Waals surface area contributed by atoms with Gasteiger partial charge < -0.3 is 10.2 Å². The number of hydrogen-bond acceptors (Lipinski definition) is 4. The molecule has 1 aliphatic rings. The largest absolute Gasteiger partial charge is 0.355 e. The molecule has 0 spiro atoms. The van der Waals surface area contributed by atoms with E-state index in [1.807, 2.05) is 6.92 Å². The van der Waals surface area contributed by atoms with Crippen LogP contribution >= 0.6 is 46.4 Å². The zero-order valence-electron chi connectivity index (χ0n) is 14.6. The van der Waals surface area contributed by atoms with Gasteiger partial charge in [-0.25, -0.2) is 9.97 Å². The van der Waals surface area contributed by atoms with E-state index in [2.05, 4.69) is 27.1 Å². The fourth-order valence-electron chi connectivity index (χ4n) is 2.78. The van der Waals surface area contributed by atoms with Crippen LogP contribution in [0.4, 0.5) is 17.3 Å². The molecule has 2 aromatic rings. The van der Waals surface area contributed by atoms with Crippen LogP contribution in [0.2, 0.25) is 20.1 Å². The molecular weight excluding hydrogens is 414 g/mol. The van der Waals surface area contributed by atoms with Crippen LogP contribution in [0.5, 0.6) is 0 Å². The fourth-order valence-corrected chi connectivity index (χ4v) is 3.94. The summed E-state index contributed by atoms with van der Waals surface area (Å²) in [5.41, 5.74) is 0.521. The Bertz CT molecular complexity index is 791. The Morgan fingerprint density at radius 3 is 2.38 bits per heavy atom. The molecule has 1 aromatic heterocycles. The van der Waals surface area contributed by atoms with Gasteiger partial charge >= 0.3 is 0 Å². The van der Waals surface area contributed by atoms with E-state index in [1.54, 1.807) is 12.1 Å². The van der Waals surface area contributed by atoms with Crippen molar-refractivity contribution in [3.63, 3.8) is 0 Å². The van der Waals surface area contributed by atoms with Crippen molar-refractivity contribution < 1.29 is 1.43 Å². The highest BCUT2D eigenvalue weighted by Crippen LogP contribution is 2.39. The van der Waals surface area contributed by atoms with Crippen LogP contribution in [-0.2, 0) is 0 Å². The maximum Gasteiger partial charge on any atom is 0.155 e. The molecule has 1 aliphatic carbocycles. The van der Waals surface area contributed by atoms with Crippen molar-refractivity contribution in [1.82, 2.24) is 9.97 Å². The molecule has 1 heterocycles. The lowest BCUT2D eigenvalue weighted by molar-refractivity contribution is 0.696. The molecular formula is C18H22Cl4N4. The van der Waals surface area contributed by atoms with Gasteiger partial charge in [-0.05, 0) is 44.2 Å². The summed E-state index contributed by atoms with van der Waals surface area (Å²) in [6.07, 6.45) is 3.55. The van der Waals surface area contributed by atoms with Crippen LogP contribution in [-0.4, -0.2) is 23.1 Å². The zero-order valence-corrected chi connectivity index (χ0v) is 17.6. The Morgan fingerprint density at radius 2 is 1.81 bits per heavy atom. The SMILES string of the molecule is CCCN(CC1CC1)c1nc(C)nc(Nc2c(Cl)cc(Cl)cc2Cl)c1Cl.[HH]. The second-order valence-electron chi connectivity index (χ2n) is 6.52. The second-order valence-corrected chi connectivity index (χ2v) is 8.14. The van der Waals surface area contributed by atoms with Crippen LogP contribution < -0.4 is 10.2 Å². The molecule has 0 radical (unpaired) electrons. The Hall–Kier alpha value is -0.940. The van der Waals surface area contributed by atoms with Crippen LogP contribution in [0.25, 0.3) is 0 Å². The van der Waals surface area contributed by atoms with Gasteiger partial charge in [-0.3, -0.25) is 0 Å². The third-order valence-electron chi connectivity index (χ3n) is 4.16. The van der Waals surface area contributed by atoms with Gasteiger partial charge in [0.15, 0.2) is 11.6 Å². The van der Waals surface area contributed by atoms with E-state index in [9.17, 15) is 0 Å². The quantitative estimate of drug-likeness (QED) is 0.507. The highest BCUT2D eigenvalue weighted by molar-refractivity contribution is 6.42. The molecule has 8 heteroatoms. The number of nitrogens with zero attached hydrogens (tertiary/aromatic N) is 3. The summed E-state index contributed by atoms with van der Waals surface area (Å²) < 4.78 is 0. The number of halogens is 4. The summed E-state index contributed by atoms with van der Waals surface area (Å²) >= 11 is 25.2. The maximum absolute atomic E-state index is 6.66. The first-order valence-corrected chi connectivity index (χ1v) is 10.1. The van der Waals surface area contributed by atoms with Gasteiger partial charge in [0.1, 0.15) is 10.8 Å². The van der Waals surface area contributed by atoms with E-state index in [4.69, 9.17) is 46.4 Å². The summed E-state index contributed by atoms with van der Waals surface area (Å²) in [4.78, 5) is 11.3. The van der Waals surface area contributed by atoms with Gasteiger partial charge in [0.2, 0.25) is 0 Å². The van der Waals surface area contributed by atoms with Crippen LogP contribution in [0, 0.1) is 12.8 Å². The summed E-state index contributed by atoms with van der Waals surface area (Å²) in [7, 11) is 0. The maximum atomic E-state index is 6.66. The molecule has 1 fully saturated rings. The predicted octanol–water partition coefficient (Wildman–Crippen LogP) is 7.01. The second kappa shape index (κ2) is 8.39. The zero-order chi connectivity index (χ0) is 18.8. The molecule has 142 valence electrons. The number of benzene rings is 1. The van der Waals surface area contributed by atoms with Gasteiger partial charge in [0.25, 0.3) is 0 Å². The van der Waals surface area contributed by atoms with Crippen molar-refractivity contribution in [3.8, 4) is 0 Å². The topological polar surface area (TPSA) is 41.1 Å². The van der Waals surface area contributed by atoms with Crippen molar-refractivity contribution in [2.24, 2.45) is 5.92 Å². The average molecular weight is 436 g/mol. The minimum absolute atomic E-state index is 0. The predicted molar refractivity (Wildman–Crippen MR) is 114 cm³/mol. The van der Waals surface area contributed by atoms with Crippen molar-refractivity contribution in [1.29, 1.82) is 0 Å². The van der Waals surface area contributed by atoms with Gasteiger partial charge in [0.05, 0.1) is 15.7 Å². The number of rotatable bonds is 7. The van der Waals surface area contributed by atoms with Gasteiger partial charge in [0, 0.05) is 19.5 Å². The molecule has 4 nitrogen and oxygen atoms in total. The van der Waals surface area contributed by atoms with E-state index in [0.29, 0.717) is 37.4 Å². The first-order valence-electron chi connectivity index (χ1n) is 8.59. The number of aryl methyl sites for hydroxylation is 1.